The molecule has 2 aromatic rings. The van der Waals surface area contributed by atoms with Gasteiger partial charge in [-0.2, -0.15) is 0 Å². The summed E-state index contributed by atoms with van der Waals surface area (Å²) in [6, 6.07) is 12.6. The Morgan fingerprint density at radius 2 is 2.07 bits per heavy atom. The SMILES string of the molecule is COc1cccc(CC2CCCN2C(=O)c2ccc(Cl)c(NS(C)(=O)=O)c2)c1. The lowest BCUT2D eigenvalue weighted by molar-refractivity contribution is 0.0736. The lowest BCUT2D eigenvalue weighted by atomic mass is 10.0. The Balaban J connectivity index is 1.80. The molecule has 1 amide bonds. The van der Waals surface area contributed by atoms with Crippen LogP contribution in [0.5, 0.6) is 5.75 Å². The molecule has 0 bridgehead atoms. The Kier molecular flexibility index (Phi) is 6.15. The molecule has 2 aromatic carbocycles. The van der Waals surface area contributed by atoms with Crippen molar-refractivity contribution in [3.05, 3.63) is 58.6 Å². The van der Waals surface area contributed by atoms with Crippen LogP contribution >= 0.6 is 11.6 Å². The third-order valence-electron chi connectivity index (χ3n) is 4.75. The number of hydrogen-bond acceptors (Lipinski definition) is 4. The maximum Gasteiger partial charge on any atom is 0.254 e. The van der Waals surface area contributed by atoms with Crippen molar-refractivity contribution in [1.82, 2.24) is 4.90 Å². The summed E-state index contributed by atoms with van der Waals surface area (Å²) in [4.78, 5) is 14.9. The summed E-state index contributed by atoms with van der Waals surface area (Å²) in [6.45, 7) is 0.672. The van der Waals surface area contributed by atoms with Crippen molar-refractivity contribution in [3.8, 4) is 5.75 Å². The molecule has 0 saturated carbocycles. The van der Waals surface area contributed by atoms with Gasteiger partial charge in [0.1, 0.15) is 5.75 Å². The molecule has 1 atom stereocenters. The summed E-state index contributed by atoms with van der Waals surface area (Å²) in [6.07, 6.45) is 3.64. The molecule has 6 nitrogen and oxygen atoms in total. The number of rotatable bonds is 6. The highest BCUT2D eigenvalue weighted by molar-refractivity contribution is 7.92. The Morgan fingerprint density at radius 1 is 1.29 bits per heavy atom. The van der Waals surface area contributed by atoms with Gasteiger partial charge in [-0.25, -0.2) is 8.42 Å². The fourth-order valence-electron chi connectivity index (χ4n) is 3.49. The van der Waals surface area contributed by atoms with Gasteiger partial charge < -0.3 is 9.64 Å². The average Bonchev–Trinajstić information content (AvgIpc) is 3.10. The van der Waals surface area contributed by atoms with Crippen LogP contribution < -0.4 is 9.46 Å². The number of methoxy groups -OCH3 is 1. The van der Waals surface area contributed by atoms with Crippen LogP contribution in [-0.4, -0.2) is 45.2 Å². The quantitative estimate of drug-likeness (QED) is 0.772. The summed E-state index contributed by atoms with van der Waals surface area (Å²) < 4.78 is 30.7. The van der Waals surface area contributed by atoms with Crippen molar-refractivity contribution in [1.29, 1.82) is 0 Å². The van der Waals surface area contributed by atoms with Gasteiger partial charge in [-0.15, -0.1) is 0 Å². The molecular formula is C20H23ClN2O4S. The lowest BCUT2D eigenvalue weighted by Crippen LogP contribution is -2.36. The van der Waals surface area contributed by atoms with Crippen molar-refractivity contribution < 1.29 is 17.9 Å². The number of benzene rings is 2. The zero-order valence-electron chi connectivity index (χ0n) is 15.8. The monoisotopic (exact) mass is 422 g/mol. The second-order valence-corrected chi connectivity index (χ2v) is 9.07. The third-order valence-corrected chi connectivity index (χ3v) is 5.67. The van der Waals surface area contributed by atoms with Gasteiger partial charge in [-0.05, 0) is 55.2 Å². The van der Waals surface area contributed by atoms with E-state index in [4.69, 9.17) is 16.3 Å². The van der Waals surface area contributed by atoms with Gasteiger partial charge in [-0.3, -0.25) is 9.52 Å². The molecule has 1 N–H and O–H groups in total. The molecule has 1 aliphatic rings. The second kappa shape index (κ2) is 8.41. The summed E-state index contributed by atoms with van der Waals surface area (Å²) in [5.41, 5.74) is 1.73. The number of ether oxygens (including phenoxy) is 1. The molecule has 3 rings (SSSR count). The first-order valence-electron chi connectivity index (χ1n) is 8.98. The molecule has 0 radical (unpaired) electrons. The normalized spacial score (nSPS) is 16.8. The summed E-state index contributed by atoms with van der Waals surface area (Å²) >= 11 is 6.07. The van der Waals surface area contributed by atoms with E-state index < -0.39 is 10.0 Å². The maximum atomic E-state index is 13.1. The van der Waals surface area contributed by atoms with E-state index in [0.717, 1.165) is 36.8 Å². The zero-order chi connectivity index (χ0) is 20.3. The van der Waals surface area contributed by atoms with Gasteiger partial charge in [0, 0.05) is 18.2 Å². The van der Waals surface area contributed by atoms with Crippen LogP contribution in [0.2, 0.25) is 5.02 Å². The Labute approximate surface area is 170 Å². The van der Waals surface area contributed by atoms with Gasteiger partial charge in [0.2, 0.25) is 10.0 Å². The van der Waals surface area contributed by atoms with E-state index >= 15 is 0 Å². The number of nitrogens with one attached hydrogen (secondary N) is 1. The zero-order valence-corrected chi connectivity index (χ0v) is 17.4. The van der Waals surface area contributed by atoms with Gasteiger partial charge in [-0.1, -0.05) is 23.7 Å². The highest BCUT2D eigenvalue weighted by Crippen LogP contribution is 2.28. The van der Waals surface area contributed by atoms with E-state index in [-0.39, 0.29) is 22.7 Å². The Hall–Kier alpha value is -2.25. The molecule has 1 fully saturated rings. The molecule has 28 heavy (non-hydrogen) atoms. The number of sulfonamides is 1. The molecular weight excluding hydrogens is 400 g/mol. The molecule has 0 spiro atoms. The number of hydrogen-bond donors (Lipinski definition) is 1. The third kappa shape index (κ3) is 4.97. The smallest absolute Gasteiger partial charge is 0.254 e. The average molecular weight is 423 g/mol. The molecule has 1 aliphatic heterocycles. The summed E-state index contributed by atoms with van der Waals surface area (Å²) in [5, 5.41) is 0.247. The fraction of sp³-hybridized carbons (Fsp3) is 0.350. The predicted molar refractivity (Wildman–Crippen MR) is 111 cm³/mol. The highest BCUT2D eigenvalue weighted by Gasteiger charge is 2.30. The van der Waals surface area contributed by atoms with E-state index in [1.807, 2.05) is 29.2 Å². The first-order chi connectivity index (χ1) is 13.3. The number of nitrogens with zero attached hydrogens (tertiary/aromatic N) is 1. The molecule has 0 aromatic heterocycles. The number of amides is 1. The van der Waals surface area contributed by atoms with Gasteiger partial charge in [0.05, 0.1) is 24.1 Å². The van der Waals surface area contributed by atoms with Crippen molar-refractivity contribution in [2.24, 2.45) is 0 Å². The lowest BCUT2D eigenvalue weighted by Gasteiger charge is -2.25. The summed E-state index contributed by atoms with van der Waals surface area (Å²) in [7, 11) is -1.86. The number of carbonyl (C=O) groups is 1. The van der Waals surface area contributed by atoms with E-state index in [1.165, 1.54) is 12.1 Å². The van der Waals surface area contributed by atoms with Gasteiger partial charge in [0.15, 0.2) is 0 Å². The minimum atomic E-state index is -3.49. The van der Waals surface area contributed by atoms with Crippen molar-refractivity contribution in [3.63, 3.8) is 0 Å². The standard InChI is InChI=1S/C20H23ClN2O4S/c1-27-17-7-3-5-14(12-17)11-16-6-4-10-23(16)20(24)15-8-9-18(21)19(13-15)22-28(2,25)26/h3,5,7-9,12-13,16,22H,4,6,10-11H2,1-2H3. The number of carbonyl (C=O) groups excluding carboxylic acids is 1. The van der Waals surface area contributed by atoms with Crippen molar-refractivity contribution >= 4 is 33.2 Å². The summed E-state index contributed by atoms with van der Waals surface area (Å²) in [5.74, 6) is 0.668. The molecule has 1 unspecified atom stereocenters. The van der Waals surface area contributed by atoms with E-state index in [1.54, 1.807) is 13.2 Å². The molecule has 1 saturated heterocycles. The van der Waals surface area contributed by atoms with Gasteiger partial charge >= 0.3 is 0 Å². The molecule has 8 heteroatoms. The number of anilines is 1. The van der Waals surface area contributed by atoms with Crippen LogP contribution in [0.25, 0.3) is 0 Å². The van der Waals surface area contributed by atoms with E-state index in [0.29, 0.717) is 12.1 Å². The fourth-order valence-corrected chi connectivity index (χ4v) is 4.28. The predicted octanol–water partition coefficient (Wildman–Crippen LogP) is 3.57. The largest absolute Gasteiger partial charge is 0.497 e. The topological polar surface area (TPSA) is 75.7 Å². The van der Waals surface area contributed by atoms with Crippen molar-refractivity contribution in [2.75, 3.05) is 24.6 Å². The van der Waals surface area contributed by atoms with Crippen LogP contribution in [0.1, 0.15) is 28.8 Å². The van der Waals surface area contributed by atoms with Gasteiger partial charge in [0.25, 0.3) is 5.91 Å². The van der Waals surface area contributed by atoms with Crippen LogP contribution in [-0.2, 0) is 16.4 Å². The van der Waals surface area contributed by atoms with Crippen LogP contribution in [0.4, 0.5) is 5.69 Å². The van der Waals surface area contributed by atoms with Crippen LogP contribution in [0.3, 0.4) is 0 Å². The number of likely N-dealkylation sites (tertiary alicyclic amines) is 1. The highest BCUT2D eigenvalue weighted by atomic mass is 35.5. The minimum Gasteiger partial charge on any atom is -0.497 e. The first kappa shape index (κ1) is 20.5. The molecule has 0 aliphatic carbocycles. The Bertz CT molecular complexity index is 978. The van der Waals surface area contributed by atoms with E-state index in [9.17, 15) is 13.2 Å². The minimum absolute atomic E-state index is 0.0848. The first-order valence-corrected chi connectivity index (χ1v) is 11.2. The van der Waals surface area contributed by atoms with Crippen LogP contribution in [0, 0.1) is 0 Å². The molecule has 150 valence electrons. The Morgan fingerprint density at radius 3 is 2.79 bits per heavy atom. The van der Waals surface area contributed by atoms with Crippen molar-refractivity contribution in [2.45, 2.75) is 25.3 Å². The van der Waals surface area contributed by atoms with Crippen LogP contribution in [0.15, 0.2) is 42.5 Å². The molecule has 1 heterocycles. The van der Waals surface area contributed by atoms with E-state index in [2.05, 4.69) is 4.72 Å². The second-order valence-electron chi connectivity index (χ2n) is 6.92. The maximum absolute atomic E-state index is 13.1. The number of halogens is 1.